The van der Waals surface area contributed by atoms with Gasteiger partial charge in [-0.1, -0.05) is 46.3 Å². The van der Waals surface area contributed by atoms with Crippen molar-refractivity contribution in [3.8, 4) is 17.5 Å². The standard InChI is InChI=1S/C38H41F3N4O3/c1-21-24-8-10-35(4)25-9-11-37(33(48)45-19-28(44-20-45)27-7-6-23(18-43-27)38(39,40)41)13-12-34(2,3)16-26(37)31(25)29(46)14-30(35)36(24,5)15-22(17-42)32(21)47/h6-7,14-15,18-21,24-26,31H,8-13,16H2,1-5H3. The molecule has 2 aromatic heterocycles. The van der Waals surface area contributed by atoms with E-state index in [4.69, 9.17) is 0 Å². The molecule has 2 heterocycles. The molecule has 5 aliphatic rings. The van der Waals surface area contributed by atoms with Gasteiger partial charge in [-0.3, -0.25) is 23.9 Å². The van der Waals surface area contributed by atoms with Gasteiger partial charge in [-0.05, 0) is 91.7 Å². The Morgan fingerprint density at radius 2 is 1.71 bits per heavy atom. The van der Waals surface area contributed by atoms with Crippen molar-refractivity contribution in [2.75, 3.05) is 0 Å². The molecular formula is C38H41F3N4O3. The molecule has 252 valence electrons. The second-order valence-electron chi connectivity index (χ2n) is 16.3. The molecule has 3 fully saturated rings. The summed E-state index contributed by atoms with van der Waals surface area (Å²) in [5.41, 5.74) is -0.880. The normalized spacial score (nSPS) is 37.2. The predicted octanol–water partition coefficient (Wildman–Crippen LogP) is 8.04. The number of ketones is 2. The molecular weight excluding hydrogens is 617 g/mol. The Bertz CT molecular complexity index is 1830. The van der Waals surface area contributed by atoms with E-state index in [0.29, 0.717) is 25.0 Å². The molecule has 0 spiro atoms. The lowest BCUT2D eigenvalue weighted by Gasteiger charge is -2.64. The number of nitriles is 1. The Hall–Kier alpha value is -3.87. The number of fused-ring (bicyclic) bond motifs is 7. The van der Waals surface area contributed by atoms with Gasteiger partial charge >= 0.3 is 6.18 Å². The summed E-state index contributed by atoms with van der Waals surface area (Å²) in [6.45, 7) is 10.7. The summed E-state index contributed by atoms with van der Waals surface area (Å²) in [7, 11) is 0. The fourth-order valence-electron chi connectivity index (χ4n) is 10.8. The number of imidazole rings is 1. The number of carbonyl (C=O) groups is 3. The first-order valence-electron chi connectivity index (χ1n) is 17.0. The fourth-order valence-corrected chi connectivity index (χ4v) is 10.8. The third kappa shape index (κ3) is 4.63. The second kappa shape index (κ2) is 10.6. The van der Waals surface area contributed by atoms with E-state index < -0.39 is 22.6 Å². The van der Waals surface area contributed by atoms with Gasteiger partial charge in [-0.2, -0.15) is 18.4 Å². The van der Waals surface area contributed by atoms with Crippen LogP contribution in [-0.2, 0) is 15.8 Å². The molecule has 0 saturated heterocycles. The van der Waals surface area contributed by atoms with Crippen molar-refractivity contribution in [1.29, 1.82) is 5.26 Å². The van der Waals surface area contributed by atoms with Gasteiger partial charge in [-0.15, -0.1) is 0 Å². The first-order chi connectivity index (χ1) is 22.4. The average molecular weight is 659 g/mol. The molecule has 7 rings (SSSR count). The second-order valence-corrected chi connectivity index (χ2v) is 16.3. The van der Waals surface area contributed by atoms with E-state index in [0.717, 1.165) is 43.5 Å². The summed E-state index contributed by atoms with van der Waals surface area (Å²) in [5, 5.41) is 9.83. The zero-order chi connectivity index (χ0) is 34.6. The summed E-state index contributed by atoms with van der Waals surface area (Å²) in [4.78, 5) is 50.5. The van der Waals surface area contributed by atoms with E-state index in [1.807, 2.05) is 19.1 Å². The summed E-state index contributed by atoms with van der Waals surface area (Å²) < 4.78 is 40.8. The van der Waals surface area contributed by atoms with Crippen LogP contribution in [0.25, 0.3) is 11.4 Å². The third-order valence-corrected chi connectivity index (χ3v) is 13.3. The number of halogens is 3. The van der Waals surface area contributed by atoms with Gasteiger partial charge in [0, 0.05) is 29.6 Å². The minimum absolute atomic E-state index is 0.0123. The quantitative estimate of drug-likeness (QED) is 0.323. The highest BCUT2D eigenvalue weighted by molar-refractivity contribution is 6.02. The SMILES string of the molecule is CC1C(=O)C(C#N)=CC2(C)C3=CC(=O)C4C(CCC5(C(=O)n6cnc(-c7ccc(C(F)(F)F)cn7)c6)CCC(C)(C)CC45)C3(C)CCC12. The molecule has 10 heteroatoms. The van der Waals surface area contributed by atoms with E-state index in [2.05, 4.69) is 43.7 Å². The van der Waals surface area contributed by atoms with Crippen molar-refractivity contribution in [1.82, 2.24) is 14.5 Å². The van der Waals surface area contributed by atoms with Crippen molar-refractivity contribution in [2.24, 2.45) is 51.2 Å². The van der Waals surface area contributed by atoms with E-state index in [9.17, 15) is 32.8 Å². The first-order valence-corrected chi connectivity index (χ1v) is 17.0. The van der Waals surface area contributed by atoms with Crippen LogP contribution in [0.3, 0.4) is 0 Å². The molecule has 0 radical (unpaired) electrons. The number of pyridine rings is 1. The van der Waals surface area contributed by atoms with Gasteiger partial charge in [0.05, 0.1) is 22.2 Å². The van der Waals surface area contributed by atoms with Crippen LogP contribution in [0.4, 0.5) is 13.2 Å². The lowest BCUT2D eigenvalue weighted by molar-refractivity contribution is -0.142. The van der Waals surface area contributed by atoms with Crippen molar-refractivity contribution < 1.29 is 27.6 Å². The molecule has 2 aromatic rings. The van der Waals surface area contributed by atoms with Crippen LogP contribution in [0, 0.1) is 62.6 Å². The molecule has 0 amide bonds. The number of hydrogen-bond acceptors (Lipinski definition) is 6. The Morgan fingerprint density at radius 1 is 0.979 bits per heavy atom. The van der Waals surface area contributed by atoms with Crippen molar-refractivity contribution in [2.45, 2.75) is 85.7 Å². The van der Waals surface area contributed by atoms with Crippen LogP contribution in [0.5, 0.6) is 0 Å². The highest BCUT2D eigenvalue weighted by Gasteiger charge is 2.66. The highest BCUT2D eigenvalue weighted by Crippen LogP contribution is 2.69. The number of aromatic nitrogens is 3. The summed E-state index contributed by atoms with van der Waals surface area (Å²) in [6, 6.07) is 4.34. The number of rotatable bonds is 2. The van der Waals surface area contributed by atoms with Crippen LogP contribution >= 0.6 is 0 Å². The Morgan fingerprint density at radius 3 is 2.38 bits per heavy atom. The maximum atomic E-state index is 14.7. The number of carbonyl (C=O) groups excluding carboxylic acids is 3. The largest absolute Gasteiger partial charge is 0.417 e. The highest BCUT2D eigenvalue weighted by atomic mass is 19.4. The summed E-state index contributed by atoms with van der Waals surface area (Å²) in [5.74, 6) is -1.04. The number of Topliss-reactive ketones (excluding diaryl/α,β-unsaturated/α-hetero) is 1. The molecule has 0 aromatic carbocycles. The lowest BCUT2D eigenvalue weighted by Crippen LogP contribution is -2.61. The number of nitrogens with zero attached hydrogens (tertiary/aromatic N) is 4. The maximum absolute atomic E-state index is 14.7. The molecule has 0 N–H and O–H groups in total. The van der Waals surface area contributed by atoms with Crippen molar-refractivity contribution in [3.63, 3.8) is 0 Å². The monoisotopic (exact) mass is 658 g/mol. The van der Waals surface area contributed by atoms with Crippen LogP contribution in [0.15, 0.2) is 54.2 Å². The van der Waals surface area contributed by atoms with Crippen LogP contribution in [-0.4, -0.2) is 32.0 Å². The van der Waals surface area contributed by atoms with Crippen molar-refractivity contribution in [3.05, 3.63) is 59.7 Å². The van der Waals surface area contributed by atoms with E-state index >= 15 is 0 Å². The topological polar surface area (TPSA) is 106 Å². The minimum Gasteiger partial charge on any atom is -0.295 e. The van der Waals surface area contributed by atoms with Gasteiger partial charge in [0.15, 0.2) is 11.6 Å². The van der Waals surface area contributed by atoms with E-state index in [-0.39, 0.29) is 69.2 Å². The Labute approximate surface area is 278 Å². The van der Waals surface area contributed by atoms with Gasteiger partial charge in [0.2, 0.25) is 5.91 Å². The van der Waals surface area contributed by atoms with Gasteiger partial charge in [0.25, 0.3) is 0 Å². The number of alkyl halides is 3. The molecule has 8 atom stereocenters. The first kappa shape index (κ1) is 32.7. The lowest BCUT2D eigenvalue weighted by atomic mass is 9.39. The fraction of sp³-hybridized carbons (Fsp3) is 0.579. The zero-order valence-electron chi connectivity index (χ0n) is 28.0. The molecule has 3 saturated carbocycles. The molecule has 48 heavy (non-hydrogen) atoms. The van der Waals surface area contributed by atoms with Crippen molar-refractivity contribution >= 4 is 17.5 Å². The smallest absolute Gasteiger partial charge is 0.295 e. The van der Waals surface area contributed by atoms with Gasteiger partial charge < -0.3 is 0 Å². The number of allylic oxidation sites excluding steroid dienone is 4. The minimum atomic E-state index is -4.51. The Balaban J connectivity index is 1.26. The maximum Gasteiger partial charge on any atom is 0.417 e. The van der Waals surface area contributed by atoms with Crippen LogP contribution < -0.4 is 0 Å². The Kier molecular flexibility index (Phi) is 7.19. The van der Waals surface area contributed by atoms with Crippen LogP contribution in [0.1, 0.15) is 89.9 Å². The summed E-state index contributed by atoms with van der Waals surface area (Å²) in [6.07, 6.45) is 8.03. The van der Waals surface area contributed by atoms with E-state index in [1.165, 1.54) is 17.0 Å². The molecule has 5 aliphatic carbocycles. The number of hydrogen-bond donors (Lipinski definition) is 0. The summed E-state index contributed by atoms with van der Waals surface area (Å²) >= 11 is 0. The van der Waals surface area contributed by atoms with E-state index in [1.54, 1.807) is 6.20 Å². The zero-order valence-corrected chi connectivity index (χ0v) is 28.0. The van der Waals surface area contributed by atoms with Gasteiger partial charge in [0.1, 0.15) is 18.1 Å². The molecule has 7 nitrogen and oxygen atoms in total. The molecule has 8 unspecified atom stereocenters. The average Bonchev–Trinajstić information content (AvgIpc) is 3.53. The van der Waals surface area contributed by atoms with Gasteiger partial charge in [-0.25, -0.2) is 4.98 Å². The predicted molar refractivity (Wildman–Crippen MR) is 171 cm³/mol. The molecule has 0 bridgehead atoms. The van der Waals surface area contributed by atoms with Crippen LogP contribution in [0.2, 0.25) is 0 Å². The third-order valence-electron chi connectivity index (χ3n) is 13.3. The molecule has 0 aliphatic heterocycles.